The largest absolute Gasteiger partial charge is 0.453 e. The molecule has 6 nitrogen and oxygen atoms in total. The quantitative estimate of drug-likeness (QED) is 0.600. The fourth-order valence-electron chi connectivity index (χ4n) is 4.84. The first-order chi connectivity index (χ1) is 8.47. The molecule has 6 heteroatoms. The van der Waals surface area contributed by atoms with Crippen LogP contribution in [0.2, 0.25) is 0 Å². The number of nitrogens with one attached hydrogen (secondary N) is 1. The fraction of sp³-hybridized carbons (Fsp3) is 0.917. The lowest BCUT2D eigenvalue weighted by Gasteiger charge is -2.57. The molecule has 4 rings (SSSR count). The van der Waals surface area contributed by atoms with E-state index in [1.165, 1.54) is 7.11 Å². The van der Waals surface area contributed by atoms with Crippen molar-refractivity contribution >= 4 is 6.09 Å². The van der Waals surface area contributed by atoms with Gasteiger partial charge >= 0.3 is 6.09 Å². The molecule has 4 saturated carbocycles. The highest BCUT2D eigenvalue weighted by Gasteiger charge is 2.64. The number of amides is 1. The average Bonchev–Trinajstić information content (AvgIpc) is 2.26. The highest BCUT2D eigenvalue weighted by atomic mass is 16.6. The molecular weight excluding hydrogens is 236 g/mol. The summed E-state index contributed by atoms with van der Waals surface area (Å²) in [5.74, 6) is 0.766. The molecule has 2 atom stereocenters. The number of rotatable bonds is 2. The number of nitrogens with zero attached hydrogens (tertiary/aromatic N) is 1. The zero-order valence-electron chi connectivity index (χ0n) is 10.5. The molecule has 0 aromatic heterocycles. The molecule has 4 aliphatic rings. The van der Waals surface area contributed by atoms with Crippen molar-refractivity contribution in [2.75, 3.05) is 7.11 Å². The second-order valence-electron chi connectivity index (χ2n) is 6.34. The van der Waals surface area contributed by atoms with E-state index in [9.17, 15) is 14.9 Å². The van der Waals surface area contributed by atoms with E-state index in [0.717, 1.165) is 19.3 Å². The van der Waals surface area contributed by atoms with Crippen LogP contribution in [0, 0.1) is 22.0 Å². The van der Waals surface area contributed by atoms with E-state index < -0.39 is 17.2 Å². The van der Waals surface area contributed by atoms with Crippen LogP contribution in [-0.2, 0) is 4.74 Å². The van der Waals surface area contributed by atoms with Gasteiger partial charge in [0.05, 0.1) is 12.6 Å². The van der Waals surface area contributed by atoms with Gasteiger partial charge in [0.15, 0.2) is 0 Å². The van der Waals surface area contributed by atoms with E-state index in [0.29, 0.717) is 31.1 Å². The molecule has 0 radical (unpaired) electrons. The number of carbonyl (C=O) groups is 1. The van der Waals surface area contributed by atoms with Crippen molar-refractivity contribution in [3.63, 3.8) is 0 Å². The summed E-state index contributed by atoms with van der Waals surface area (Å²) in [4.78, 5) is 22.8. The maximum absolute atomic E-state index is 11.5. The van der Waals surface area contributed by atoms with E-state index in [1.807, 2.05) is 0 Å². The van der Waals surface area contributed by atoms with Crippen molar-refractivity contribution in [2.24, 2.45) is 11.8 Å². The maximum atomic E-state index is 11.5. The van der Waals surface area contributed by atoms with Crippen LogP contribution in [0.25, 0.3) is 0 Å². The SMILES string of the molecule is COC(=O)NC12CC3CC(C1)CC([N+](=O)[O-])(C3)C2. The summed E-state index contributed by atoms with van der Waals surface area (Å²) in [6.45, 7) is 0. The van der Waals surface area contributed by atoms with Crippen LogP contribution >= 0.6 is 0 Å². The smallest absolute Gasteiger partial charge is 0.407 e. The number of alkyl carbamates (subject to hydrolysis) is 1. The Morgan fingerprint density at radius 2 is 1.94 bits per heavy atom. The van der Waals surface area contributed by atoms with E-state index in [4.69, 9.17) is 0 Å². The molecule has 0 aromatic carbocycles. The van der Waals surface area contributed by atoms with Gasteiger partial charge in [0.25, 0.3) is 0 Å². The third-order valence-electron chi connectivity index (χ3n) is 4.97. The van der Waals surface area contributed by atoms with Gasteiger partial charge in [-0.1, -0.05) is 0 Å². The Labute approximate surface area is 105 Å². The second kappa shape index (κ2) is 3.59. The van der Waals surface area contributed by atoms with Gasteiger partial charge < -0.3 is 10.1 Å². The first-order valence-electron chi connectivity index (χ1n) is 6.48. The summed E-state index contributed by atoms with van der Waals surface area (Å²) in [5, 5.41) is 14.3. The van der Waals surface area contributed by atoms with Crippen LogP contribution in [-0.4, -0.2) is 29.2 Å². The first-order valence-corrected chi connectivity index (χ1v) is 6.48. The van der Waals surface area contributed by atoms with Gasteiger partial charge in [-0.15, -0.1) is 0 Å². The monoisotopic (exact) mass is 254 g/mol. The summed E-state index contributed by atoms with van der Waals surface area (Å²) in [7, 11) is 1.33. The molecule has 1 N–H and O–H groups in total. The third kappa shape index (κ3) is 1.58. The van der Waals surface area contributed by atoms with Gasteiger partial charge in [-0.25, -0.2) is 4.79 Å². The molecule has 0 saturated heterocycles. The normalized spacial score (nSPS) is 44.7. The minimum absolute atomic E-state index is 0.0990. The predicted molar refractivity (Wildman–Crippen MR) is 62.7 cm³/mol. The van der Waals surface area contributed by atoms with Crippen molar-refractivity contribution in [1.82, 2.24) is 5.32 Å². The Morgan fingerprint density at radius 3 is 2.44 bits per heavy atom. The molecule has 0 spiro atoms. The van der Waals surface area contributed by atoms with Gasteiger partial charge in [0, 0.05) is 24.2 Å². The van der Waals surface area contributed by atoms with Crippen molar-refractivity contribution in [1.29, 1.82) is 0 Å². The average molecular weight is 254 g/mol. The number of hydrogen-bond donors (Lipinski definition) is 1. The van der Waals surface area contributed by atoms with Crippen molar-refractivity contribution < 1.29 is 14.5 Å². The topological polar surface area (TPSA) is 81.5 Å². The van der Waals surface area contributed by atoms with Gasteiger partial charge in [-0.2, -0.15) is 0 Å². The number of carbonyl (C=O) groups excluding carboxylic acids is 1. The van der Waals surface area contributed by atoms with Gasteiger partial charge in [0.1, 0.15) is 0 Å². The van der Waals surface area contributed by atoms with Crippen molar-refractivity contribution in [2.45, 2.75) is 49.6 Å². The lowest BCUT2D eigenvalue weighted by molar-refractivity contribution is -0.589. The number of nitro groups is 1. The molecule has 0 aromatic rings. The standard InChI is InChI=1S/C12H18N2O4/c1-18-10(15)13-11-3-8-2-9(4-11)6-12(5-8,7-11)14(16)17/h8-9H,2-7H2,1H3,(H,13,15). The van der Waals surface area contributed by atoms with Crippen LogP contribution in [0.1, 0.15) is 38.5 Å². The van der Waals surface area contributed by atoms with E-state index >= 15 is 0 Å². The summed E-state index contributed by atoms with van der Waals surface area (Å²) in [5.41, 5.74) is -1.20. The Bertz CT molecular complexity index is 395. The van der Waals surface area contributed by atoms with Crippen LogP contribution in [0.5, 0.6) is 0 Å². The number of methoxy groups -OCH3 is 1. The first kappa shape index (κ1) is 11.7. The molecule has 2 unspecified atom stereocenters. The highest BCUT2D eigenvalue weighted by Crippen LogP contribution is 2.58. The van der Waals surface area contributed by atoms with Crippen LogP contribution in [0.3, 0.4) is 0 Å². The molecule has 100 valence electrons. The Hall–Kier alpha value is -1.33. The van der Waals surface area contributed by atoms with E-state index in [-0.39, 0.29) is 4.92 Å². The zero-order chi connectivity index (χ0) is 13.0. The Kier molecular flexibility index (Phi) is 2.34. The Balaban J connectivity index is 1.89. The minimum atomic E-state index is -0.800. The van der Waals surface area contributed by atoms with Crippen molar-refractivity contribution in [3.05, 3.63) is 10.1 Å². The van der Waals surface area contributed by atoms with Crippen molar-refractivity contribution in [3.8, 4) is 0 Å². The van der Waals surface area contributed by atoms with Gasteiger partial charge in [-0.3, -0.25) is 10.1 Å². The van der Waals surface area contributed by atoms with Crippen LogP contribution < -0.4 is 5.32 Å². The summed E-state index contributed by atoms with van der Waals surface area (Å²) < 4.78 is 4.66. The van der Waals surface area contributed by atoms with E-state index in [1.54, 1.807) is 0 Å². The summed E-state index contributed by atoms with van der Waals surface area (Å²) >= 11 is 0. The van der Waals surface area contributed by atoms with Crippen LogP contribution in [0.15, 0.2) is 0 Å². The molecular formula is C12H18N2O4. The summed E-state index contributed by atoms with van der Waals surface area (Å²) in [6, 6.07) is 0. The second-order valence-corrected chi connectivity index (χ2v) is 6.34. The Morgan fingerprint density at radius 1 is 1.33 bits per heavy atom. The maximum Gasteiger partial charge on any atom is 0.407 e. The fourth-order valence-corrected chi connectivity index (χ4v) is 4.84. The van der Waals surface area contributed by atoms with E-state index in [2.05, 4.69) is 10.1 Å². The van der Waals surface area contributed by atoms with Gasteiger partial charge in [0.2, 0.25) is 5.54 Å². The predicted octanol–water partition coefficient (Wildman–Crippen LogP) is 1.71. The molecule has 4 fully saturated rings. The molecule has 0 aliphatic heterocycles. The summed E-state index contributed by atoms with van der Waals surface area (Å²) in [6.07, 6.45) is 4.19. The highest BCUT2D eigenvalue weighted by molar-refractivity contribution is 5.68. The lowest BCUT2D eigenvalue weighted by atomic mass is 9.50. The number of ether oxygens (including phenoxy) is 1. The molecule has 4 aliphatic carbocycles. The third-order valence-corrected chi connectivity index (χ3v) is 4.97. The molecule has 0 heterocycles. The van der Waals surface area contributed by atoms with Crippen LogP contribution in [0.4, 0.5) is 4.79 Å². The lowest BCUT2D eigenvalue weighted by Crippen LogP contribution is -2.67. The zero-order valence-corrected chi connectivity index (χ0v) is 10.5. The molecule has 4 bridgehead atoms. The molecule has 18 heavy (non-hydrogen) atoms. The number of hydrogen-bond acceptors (Lipinski definition) is 4. The minimum Gasteiger partial charge on any atom is -0.453 e. The van der Waals surface area contributed by atoms with Gasteiger partial charge in [-0.05, 0) is 31.1 Å². The molecule has 1 amide bonds.